The van der Waals surface area contributed by atoms with Gasteiger partial charge in [-0.05, 0) is 31.5 Å². The second-order valence-corrected chi connectivity index (χ2v) is 3.45. The zero-order chi connectivity index (χ0) is 9.10. The van der Waals surface area contributed by atoms with Crippen LogP contribution in [0.4, 0.5) is 0 Å². The Bertz CT molecular complexity index is 289. The molecule has 2 heterocycles. The molecule has 0 aliphatic carbocycles. The van der Waals surface area contributed by atoms with E-state index in [0.29, 0.717) is 6.04 Å². The van der Waals surface area contributed by atoms with Gasteiger partial charge < -0.3 is 10.1 Å². The third kappa shape index (κ3) is 2.86. The standard InChI is InChI=1S/C10H14N2O.ClH/c1-8-4-10(6-11-5-8)13-7-9-2-3-12-9;/h4-6,9,12H,2-3,7H2,1H3;1H/t9-;/m1./s1. The van der Waals surface area contributed by atoms with E-state index in [0.717, 1.165) is 24.5 Å². The van der Waals surface area contributed by atoms with Gasteiger partial charge in [0, 0.05) is 12.2 Å². The molecule has 1 N–H and O–H groups in total. The van der Waals surface area contributed by atoms with Crippen LogP contribution < -0.4 is 10.1 Å². The van der Waals surface area contributed by atoms with E-state index in [4.69, 9.17) is 4.74 Å². The van der Waals surface area contributed by atoms with Crippen molar-refractivity contribution in [1.29, 1.82) is 0 Å². The molecular weight excluding hydrogens is 200 g/mol. The summed E-state index contributed by atoms with van der Waals surface area (Å²) in [6.45, 7) is 3.90. The Morgan fingerprint density at radius 2 is 2.36 bits per heavy atom. The normalized spacial score (nSPS) is 19.4. The molecule has 1 atom stereocenters. The van der Waals surface area contributed by atoms with Gasteiger partial charge in [0.1, 0.15) is 12.4 Å². The predicted octanol–water partition coefficient (Wildman–Crippen LogP) is 1.55. The maximum Gasteiger partial charge on any atom is 0.137 e. The average molecular weight is 215 g/mol. The van der Waals surface area contributed by atoms with Crippen LogP contribution in [0, 0.1) is 6.92 Å². The molecule has 1 aromatic rings. The molecule has 1 aliphatic rings. The van der Waals surface area contributed by atoms with Crippen LogP contribution in [-0.4, -0.2) is 24.2 Å². The Kier molecular flexibility index (Phi) is 4.17. The van der Waals surface area contributed by atoms with E-state index in [-0.39, 0.29) is 12.4 Å². The summed E-state index contributed by atoms with van der Waals surface area (Å²) < 4.78 is 5.57. The van der Waals surface area contributed by atoms with Gasteiger partial charge in [0.2, 0.25) is 0 Å². The first-order chi connectivity index (χ1) is 6.34. The lowest BCUT2D eigenvalue weighted by molar-refractivity contribution is 0.217. The van der Waals surface area contributed by atoms with Crippen molar-refractivity contribution >= 4 is 12.4 Å². The highest BCUT2D eigenvalue weighted by atomic mass is 35.5. The zero-order valence-corrected chi connectivity index (χ0v) is 9.01. The lowest BCUT2D eigenvalue weighted by Gasteiger charge is -2.27. The molecule has 4 heteroatoms. The van der Waals surface area contributed by atoms with Crippen molar-refractivity contribution in [2.45, 2.75) is 19.4 Å². The fourth-order valence-corrected chi connectivity index (χ4v) is 1.29. The summed E-state index contributed by atoms with van der Waals surface area (Å²) in [5, 5.41) is 3.28. The van der Waals surface area contributed by atoms with Crippen molar-refractivity contribution in [3.05, 3.63) is 24.0 Å². The molecule has 1 saturated heterocycles. The largest absolute Gasteiger partial charge is 0.490 e. The highest BCUT2D eigenvalue weighted by molar-refractivity contribution is 5.85. The number of nitrogens with one attached hydrogen (secondary N) is 1. The maximum atomic E-state index is 5.57. The lowest BCUT2D eigenvalue weighted by Crippen LogP contribution is -2.46. The minimum atomic E-state index is 0. The van der Waals surface area contributed by atoms with E-state index in [1.54, 1.807) is 6.20 Å². The minimum absolute atomic E-state index is 0. The molecule has 3 nitrogen and oxygen atoms in total. The van der Waals surface area contributed by atoms with Crippen LogP contribution in [-0.2, 0) is 0 Å². The number of aromatic nitrogens is 1. The van der Waals surface area contributed by atoms with E-state index in [1.807, 2.05) is 19.2 Å². The molecule has 1 fully saturated rings. The summed E-state index contributed by atoms with van der Waals surface area (Å²) in [7, 11) is 0. The van der Waals surface area contributed by atoms with Gasteiger partial charge in [-0.25, -0.2) is 0 Å². The Morgan fingerprint density at radius 1 is 1.57 bits per heavy atom. The van der Waals surface area contributed by atoms with Crippen LogP contribution in [0.25, 0.3) is 0 Å². The number of halogens is 1. The Morgan fingerprint density at radius 3 is 2.93 bits per heavy atom. The van der Waals surface area contributed by atoms with E-state index in [2.05, 4.69) is 10.3 Å². The van der Waals surface area contributed by atoms with Crippen LogP contribution in [0.15, 0.2) is 18.5 Å². The predicted molar refractivity (Wildman–Crippen MR) is 58.1 cm³/mol. The van der Waals surface area contributed by atoms with Gasteiger partial charge in [0.05, 0.1) is 6.20 Å². The first kappa shape index (κ1) is 11.3. The van der Waals surface area contributed by atoms with Gasteiger partial charge in [0.15, 0.2) is 0 Å². The zero-order valence-electron chi connectivity index (χ0n) is 8.19. The summed E-state index contributed by atoms with van der Waals surface area (Å²) in [6.07, 6.45) is 4.80. The number of hydrogen-bond donors (Lipinski definition) is 1. The molecule has 0 bridgehead atoms. The van der Waals surface area contributed by atoms with Gasteiger partial charge >= 0.3 is 0 Å². The van der Waals surface area contributed by atoms with Crippen molar-refractivity contribution in [3.63, 3.8) is 0 Å². The van der Waals surface area contributed by atoms with Crippen LogP contribution in [0.1, 0.15) is 12.0 Å². The smallest absolute Gasteiger partial charge is 0.137 e. The average Bonchev–Trinajstić information content (AvgIpc) is 2.01. The van der Waals surface area contributed by atoms with Gasteiger partial charge in [-0.1, -0.05) is 0 Å². The van der Waals surface area contributed by atoms with E-state index in [1.165, 1.54) is 6.42 Å². The van der Waals surface area contributed by atoms with Crippen molar-refractivity contribution in [2.24, 2.45) is 0 Å². The van der Waals surface area contributed by atoms with Crippen molar-refractivity contribution in [2.75, 3.05) is 13.2 Å². The molecule has 0 radical (unpaired) electrons. The third-order valence-corrected chi connectivity index (χ3v) is 2.23. The molecule has 1 aromatic heterocycles. The fraction of sp³-hybridized carbons (Fsp3) is 0.500. The van der Waals surface area contributed by atoms with Crippen molar-refractivity contribution < 1.29 is 4.74 Å². The number of aryl methyl sites for hydroxylation is 1. The molecule has 0 aromatic carbocycles. The molecule has 14 heavy (non-hydrogen) atoms. The monoisotopic (exact) mass is 214 g/mol. The number of rotatable bonds is 3. The molecule has 0 saturated carbocycles. The quantitative estimate of drug-likeness (QED) is 0.829. The first-order valence-electron chi connectivity index (χ1n) is 4.62. The third-order valence-electron chi connectivity index (χ3n) is 2.23. The molecule has 1 aliphatic heterocycles. The number of pyridine rings is 1. The molecular formula is C10H15ClN2O. The summed E-state index contributed by atoms with van der Waals surface area (Å²) in [5.41, 5.74) is 1.14. The van der Waals surface area contributed by atoms with Crippen molar-refractivity contribution in [3.8, 4) is 5.75 Å². The Hall–Kier alpha value is -0.800. The maximum absolute atomic E-state index is 5.57. The second-order valence-electron chi connectivity index (χ2n) is 3.45. The molecule has 0 amide bonds. The van der Waals surface area contributed by atoms with Crippen LogP contribution in [0.5, 0.6) is 5.75 Å². The number of ether oxygens (including phenoxy) is 1. The molecule has 0 unspecified atom stereocenters. The molecule has 0 spiro atoms. The first-order valence-corrected chi connectivity index (χ1v) is 4.62. The second kappa shape index (κ2) is 5.17. The van der Waals surface area contributed by atoms with Gasteiger partial charge in [0.25, 0.3) is 0 Å². The van der Waals surface area contributed by atoms with Crippen LogP contribution in [0.2, 0.25) is 0 Å². The minimum Gasteiger partial charge on any atom is -0.490 e. The van der Waals surface area contributed by atoms with E-state index >= 15 is 0 Å². The van der Waals surface area contributed by atoms with Gasteiger partial charge in [-0.15, -0.1) is 12.4 Å². The van der Waals surface area contributed by atoms with Crippen LogP contribution >= 0.6 is 12.4 Å². The topological polar surface area (TPSA) is 34.1 Å². The lowest BCUT2D eigenvalue weighted by atomic mass is 10.1. The van der Waals surface area contributed by atoms with Gasteiger partial charge in [-0.2, -0.15) is 0 Å². The number of hydrogen-bond acceptors (Lipinski definition) is 3. The molecule has 2 rings (SSSR count). The fourth-order valence-electron chi connectivity index (χ4n) is 1.29. The van der Waals surface area contributed by atoms with E-state index in [9.17, 15) is 0 Å². The highest BCUT2D eigenvalue weighted by Gasteiger charge is 2.16. The summed E-state index contributed by atoms with van der Waals surface area (Å²) in [6, 6.07) is 2.55. The highest BCUT2D eigenvalue weighted by Crippen LogP contribution is 2.12. The Balaban J connectivity index is 0.000000980. The Labute approximate surface area is 90.3 Å². The summed E-state index contributed by atoms with van der Waals surface area (Å²) in [5.74, 6) is 0.869. The SMILES string of the molecule is Cc1cncc(OC[C@H]2CCN2)c1.Cl. The summed E-state index contributed by atoms with van der Waals surface area (Å²) in [4.78, 5) is 4.06. The van der Waals surface area contributed by atoms with Crippen molar-refractivity contribution in [1.82, 2.24) is 10.3 Å². The number of nitrogens with zero attached hydrogens (tertiary/aromatic N) is 1. The van der Waals surface area contributed by atoms with Crippen LogP contribution in [0.3, 0.4) is 0 Å². The van der Waals surface area contributed by atoms with Gasteiger partial charge in [-0.3, -0.25) is 4.98 Å². The summed E-state index contributed by atoms with van der Waals surface area (Å²) >= 11 is 0. The molecule has 78 valence electrons. The van der Waals surface area contributed by atoms with E-state index < -0.39 is 0 Å².